The number of nitrogens with zero attached hydrogens (tertiary/aromatic N) is 3. The highest BCUT2D eigenvalue weighted by atomic mass is 16.5. The van der Waals surface area contributed by atoms with Gasteiger partial charge >= 0.3 is 0 Å². The Morgan fingerprint density at radius 2 is 2.00 bits per heavy atom. The van der Waals surface area contributed by atoms with Crippen LogP contribution in [-0.4, -0.2) is 16.4 Å². The van der Waals surface area contributed by atoms with Gasteiger partial charge in [0.2, 0.25) is 0 Å². The Morgan fingerprint density at radius 3 is 2.53 bits per heavy atom. The zero-order valence-electron chi connectivity index (χ0n) is 11.4. The third-order valence-corrected chi connectivity index (χ3v) is 2.87. The van der Waals surface area contributed by atoms with Crippen molar-refractivity contribution in [2.75, 3.05) is 6.61 Å². The topological polar surface area (TPSA) is 50.8 Å². The summed E-state index contributed by atoms with van der Waals surface area (Å²) in [4.78, 5) is 0. The highest BCUT2D eigenvalue weighted by molar-refractivity contribution is 5.43. The van der Waals surface area contributed by atoms with E-state index in [1.807, 2.05) is 35.9 Å². The summed E-state index contributed by atoms with van der Waals surface area (Å²) in [7, 11) is 0. The normalized spacial score (nSPS) is 10.5. The van der Waals surface area contributed by atoms with Gasteiger partial charge in [-0.05, 0) is 37.1 Å². The number of aromatic nitrogens is 2. The van der Waals surface area contributed by atoms with Crippen molar-refractivity contribution in [3.63, 3.8) is 0 Å². The van der Waals surface area contributed by atoms with E-state index in [1.54, 1.807) is 6.20 Å². The van der Waals surface area contributed by atoms with Crippen molar-refractivity contribution in [2.24, 2.45) is 0 Å². The summed E-state index contributed by atoms with van der Waals surface area (Å²) in [5.41, 5.74) is 2.50. The molecule has 0 unspecified atom stereocenters. The maximum atomic E-state index is 9.12. The second-order valence-electron chi connectivity index (χ2n) is 4.55. The van der Waals surface area contributed by atoms with Crippen LogP contribution in [0.4, 0.5) is 0 Å². The van der Waals surface area contributed by atoms with Gasteiger partial charge in [0.15, 0.2) is 0 Å². The van der Waals surface area contributed by atoms with E-state index in [0.29, 0.717) is 12.2 Å². The third kappa shape index (κ3) is 2.60. The van der Waals surface area contributed by atoms with Gasteiger partial charge in [0, 0.05) is 0 Å². The minimum atomic E-state index is 0.240. The standard InChI is InChI=1S/C15H17N3O/c1-4-19-14-7-5-13(6-8-14)18-15(11(2)3)12(9-16)10-17-18/h5-8,10-11H,4H2,1-3H3. The van der Waals surface area contributed by atoms with Crippen molar-refractivity contribution in [3.8, 4) is 17.5 Å². The van der Waals surface area contributed by atoms with Crippen LogP contribution >= 0.6 is 0 Å². The van der Waals surface area contributed by atoms with Gasteiger partial charge in [-0.25, -0.2) is 4.68 Å². The number of rotatable bonds is 4. The van der Waals surface area contributed by atoms with Gasteiger partial charge in [-0.15, -0.1) is 0 Å². The molecule has 1 aromatic carbocycles. The summed E-state index contributed by atoms with van der Waals surface area (Å²) in [5.74, 6) is 1.08. The first-order valence-corrected chi connectivity index (χ1v) is 6.38. The van der Waals surface area contributed by atoms with Crippen LogP contribution in [-0.2, 0) is 0 Å². The highest BCUT2D eigenvalue weighted by Crippen LogP contribution is 2.23. The molecule has 0 spiro atoms. The smallest absolute Gasteiger partial charge is 0.119 e. The van der Waals surface area contributed by atoms with Crippen LogP contribution in [0.3, 0.4) is 0 Å². The third-order valence-electron chi connectivity index (χ3n) is 2.87. The molecule has 1 aromatic heterocycles. The van der Waals surface area contributed by atoms with Gasteiger partial charge in [0.1, 0.15) is 11.8 Å². The zero-order valence-corrected chi connectivity index (χ0v) is 11.4. The predicted octanol–water partition coefficient (Wildman–Crippen LogP) is 3.27. The molecule has 4 heteroatoms. The number of ether oxygens (including phenoxy) is 1. The average Bonchev–Trinajstić information content (AvgIpc) is 2.84. The van der Waals surface area contributed by atoms with Crippen LogP contribution < -0.4 is 4.74 Å². The van der Waals surface area contributed by atoms with E-state index >= 15 is 0 Å². The molecule has 4 nitrogen and oxygen atoms in total. The zero-order chi connectivity index (χ0) is 13.8. The van der Waals surface area contributed by atoms with E-state index in [2.05, 4.69) is 25.0 Å². The van der Waals surface area contributed by atoms with Gasteiger partial charge in [-0.1, -0.05) is 13.8 Å². The fourth-order valence-electron chi connectivity index (χ4n) is 2.06. The second kappa shape index (κ2) is 5.57. The molecule has 0 bridgehead atoms. The summed E-state index contributed by atoms with van der Waals surface area (Å²) < 4.78 is 7.24. The summed E-state index contributed by atoms with van der Waals surface area (Å²) in [6, 6.07) is 9.92. The number of hydrogen-bond acceptors (Lipinski definition) is 3. The summed E-state index contributed by atoms with van der Waals surface area (Å²) >= 11 is 0. The Bertz CT molecular complexity index is 591. The molecule has 2 rings (SSSR count). The van der Waals surface area contributed by atoms with Crippen molar-refractivity contribution >= 4 is 0 Å². The monoisotopic (exact) mass is 255 g/mol. The maximum Gasteiger partial charge on any atom is 0.119 e. The van der Waals surface area contributed by atoms with Crippen molar-refractivity contribution in [2.45, 2.75) is 26.7 Å². The Labute approximate surface area is 113 Å². The number of benzene rings is 1. The molecule has 19 heavy (non-hydrogen) atoms. The SMILES string of the molecule is CCOc1ccc(-n2ncc(C#N)c2C(C)C)cc1. The first-order valence-electron chi connectivity index (χ1n) is 6.38. The van der Waals surface area contributed by atoms with E-state index in [0.717, 1.165) is 17.1 Å². The van der Waals surface area contributed by atoms with Gasteiger partial charge in [0.25, 0.3) is 0 Å². The van der Waals surface area contributed by atoms with Gasteiger partial charge in [-0.3, -0.25) is 0 Å². The lowest BCUT2D eigenvalue weighted by molar-refractivity contribution is 0.340. The highest BCUT2D eigenvalue weighted by Gasteiger charge is 2.15. The van der Waals surface area contributed by atoms with Gasteiger partial charge in [0.05, 0.1) is 29.7 Å². The Morgan fingerprint density at radius 1 is 1.32 bits per heavy atom. The molecule has 0 aliphatic carbocycles. The molecule has 0 saturated carbocycles. The van der Waals surface area contributed by atoms with E-state index in [9.17, 15) is 0 Å². The van der Waals surface area contributed by atoms with Crippen LogP contribution in [0.15, 0.2) is 30.5 Å². The van der Waals surface area contributed by atoms with Crippen molar-refractivity contribution < 1.29 is 4.74 Å². The van der Waals surface area contributed by atoms with E-state index in [4.69, 9.17) is 10.00 Å². The quantitative estimate of drug-likeness (QED) is 0.842. The summed E-state index contributed by atoms with van der Waals surface area (Å²) in [6.45, 7) is 6.72. The minimum absolute atomic E-state index is 0.240. The molecule has 0 atom stereocenters. The summed E-state index contributed by atoms with van der Waals surface area (Å²) in [6.07, 6.45) is 1.62. The Hall–Kier alpha value is -2.28. The van der Waals surface area contributed by atoms with Crippen molar-refractivity contribution in [1.82, 2.24) is 9.78 Å². The maximum absolute atomic E-state index is 9.12. The van der Waals surface area contributed by atoms with E-state index < -0.39 is 0 Å². The van der Waals surface area contributed by atoms with E-state index in [-0.39, 0.29) is 5.92 Å². The molecule has 0 radical (unpaired) electrons. The number of hydrogen-bond donors (Lipinski definition) is 0. The molecule has 0 N–H and O–H groups in total. The van der Waals surface area contributed by atoms with Crippen molar-refractivity contribution in [1.29, 1.82) is 5.26 Å². The largest absolute Gasteiger partial charge is 0.494 e. The van der Waals surface area contributed by atoms with Crippen molar-refractivity contribution in [3.05, 3.63) is 41.7 Å². The fourth-order valence-corrected chi connectivity index (χ4v) is 2.06. The molecule has 0 amide bonds. The molecular weight excluding hydrogens is 238 g/mol. The molecule has 0 aliphatic rings. The lowest BCUT2D eigenvalue weighted by atomic mass is 10.1. The van der Waals surface area contributed by atoms with Crippen LogP contribution in [0, 0.1) is 11.3 Å². The molecular formula is C15H17N3O. The number of nitriles is 1. The fraction of sp³-hybridized carbons (Fsp3) is 0.333. The first-order chi connectivity index (χ1) is 9.17. The summed E-state index contributed by atoms with van der Waals surface area (Å²) in [5, 5.41) is 13.4. The van der Waals surface area contributed by atoms with Gasteiger partial charge in [-0.2, -0.15) is 10.4 Å². The first kappa shape index (κ1) is 13.2. The molecule has 98 valence electrons. The average molecular weight is 255 g/mol. The predicted molar refractivity (Wildman–Crippen MR) is 73.5 cm³/mol. The lowest BCUT2D eigenvalue weighted by Crippen LogP contribution is -2.05. The Balaban J connectivity index is 2.42. The lowest BCUT2D eigenvalue weighted by Gasteiger charge is -2.11. The Kier molecular flexibility index (Phi) is 3.86. The molecule has 0 aliphatic heterocycles. The minimum Gasteiger partial charge on any atom is -0.494 e. The van der Waals surface area contributed by atoms with Crippen LogP contribution in [0.5, 0.6) is 5.75 Å². The van der Waals surface area contributed by atoms with Crippen LogP contribution in [0.25, 0.3) is 5.69 Å². The molecule has 1 heterocycles. The molecule has 0 saturated heterocycles. The van der Waals surface area contributed by atoms with Crippen LogP contribution in [0.1, 0.15) is 37.9 Å². The van der Waals surface area contributed by atoms with Gasteiger partial charge < -0.3 is 4.74 Å². The van der Waals surface area contributed by atoms with Crippen LogP contribution in [0.2, 0.25) is 0 Å². The second-order valence-corrected chi connectivity index (χ2v) is 4.55. The molecule has 2 aromatic rings. The van der Waals surface area contributed by atoms with E-state index in [1.165, 1.54) is 0 Å². The molecule has 0 fully saturated rings.